The van der Waals surface area contributed by atoms with E-state index in [2.05, 4.69) is 34.0 Å². The summed E-state index contributed by atoms with van der Waals surface area (Å²) in [5.74, 6) is 0.825. The molecule has 0 atom stereocenters. The highest BCUT2D eigenvalue weighted by Crippen LogP contribution is 2.33. The first-order valence-corrected chi connectivity index (χ1v) is 6.94. The zero-order chi connectivity index (χ0) is 14.0. The predicted octanol–water partition coefficient (Wildman–Crippen LogP) is 2.67. The van der Waals surface area contributed by atoms with Crippen LogP contribution in [0.5, 0.6) is 5.75 Å². The summed E-state index contributed by atoms with van der Waals surface area (Å²) < 4.78 is 8.10. The zero-order valence-corrected chi connectivity index (χ0v) is 13.0. The Kier molecular flexibility index (Phi) is 4.27. The molecule has 0 amide bonds. The van der Waals surface area contributed by atoms with Gasteiger partial charge in [-0.25, -0.2) is 0 Å². The Morgan fingerprint density at radius 3 is 2.74 bits per heavy atom. The van der Waals surface area contributed by atoms with Crippen LogP contribution in [0.1, 0.15) is 11.4 Å². The van der Waals surface area contributed by atoms with Gasteiger partial charge in [0.2, 0.25) is 0 Å². The fraction of sp³-hybridized carbons (Fsp3) is 0.357. The maximum atomic E-state index is 5.66. The second kappa shape index (κ2) is 5.75. The lowest BCUT2D eigenvalue weighted by Crippen LogP contribution is -2.04. The molecule has 102 valence electrons. The third kappa shape index (κ3) is 2.67. The van der Waals surface area contributed by atoms with Gasteiger partial charge >= 0.3 is 0 Å². The molecular formula is C14H18BrN3O. The van der Waals surface area contributed by atoms with Crippen molar-refractivity contribution in [3.05, 3.63) is 34.1 Å². The van der Waals surface area contributed by atoms with E-state index in [1.807, 2.05) is 23.9 Å². The Balaban J connectivity index is 2.54. The largest absolute Gasteiger partial charge is 0.496 e. The molecule has 1 aromatic heterocycles. The van der Waals surface area contributed by atoms with E-state index in [0.29, 0.717) is 6.54 Å². The standard InChI is InChI=1S/C14H18BrN3O/c1-9-14(12(6-7-16)17-18(9)2)10-4-5-13(19-3)11(15)8-10/h4-5,8H,6-7,16H2,1-3H3. The van der Waals surface area contributed by atoms with Crippen molar-refractivity contribution in [2.24, 2.45) is 12.8 Å². The third-order valence-electron chi connectivity index (χ3n) is 3.23. The van der Waals surface area contributed by atoms with E-state index in [0.717, 1.165) is 39.2 Å². The summed E-state index contributed by atoms with van der Waals surface area (Å²) in [7, 11) is 3.62. The number of aromatic nitrogens is 2. The smallest absolute Gasteiger partial charge is 0.133 e. The predicted molar refractivity (Wildman–Crippen MR) is 80.4 cm³/mol. The third-order valence-corrected chi connectivity index (χ3v) is 3.85. The molecule has 1 heterocycles. The Morgan fingerprint density at radius 1 is 1.42 bits per heavy atom. The van der Waals surface area contributed by atoms with Gasteiger partial charge in [-0.1, -0.05) is 6.07 Å². The van der Waals surface area contributed by atoms with Crippen molar-refractivity contribution in [1.82, 2.24) is 9.78 Å². The van der Waals surface area contributed by atoms with Gasteiger partial charge in [0.05, 0.1) is 17.3 Å². The zero-order valence-electron chi connectivity index (χ0n) is 11.4. The second-order valence-corrected chi connectivity index (χ2v) is 5.27. The summed E-state index contributed by atoms with van der Waals surface area (Å²) in [6.07, 6.45) is 0.778. The van der Waals surface area contributed by atoms with Gasteiger partial charge in [-0.15, -0.1) is 0 Å². The molecule has 4 nitrogen and oxygen atoms in total. The van der Waals surface area contributed by atoms with Gasteiger partial charge in [0.1, 0.15) is 5.75 Å². The fourth-order valence-electron chi connectivity index (χ4n) is 2.19. The van der Waals surface area contributed by atoms with Gasteiger partial charge in [0.25, 0.3) is 0 Å². The van der Waals surface area contributed by atoms with E-state index in [1.54, 1.807) is 7.11 Å². The van der Waals surface area contributed by atoms with Gasteiger partial charge in [0, 0.05) is 24.7 Å². The average Bonchev–Trinajstić information content (AvgIpc) is 2.65. The summed E-state index contributed by atoms with van der Waals surface area (Å²) in [5, 5.41) is 4.54. The topological polar surface area (TPSA) is 53.1 Å². The van der Waals surface area contributed by atoms with Crippen LogP contribution in [0.4, 0.5) is 0 Å². The van der Waals surface area contributed by atoms with Crippen LogP contribution in [0.2, 0.25) is 0 Å². The number of ether oxygens (including phenoxy) is 1. The van der Waals surface area contributed by atoms with E-state index >= 15 is 0 Å². The second-order valence-electron chi connectivity index (χ2n) is 4.42. The van der Waals surface area contributed by atoms with E-state index in [1.165, 1.54) is 0 Å². The van der Waals surface area contributed by atoms with Gasteiger partial charge in [-0.2, -0.15) is 5.10 Å². The fourth-order valence-corrected chi connectivity index (χ4v) is 2.73. The molecule has 5 heteroatoms. The molecule has 0 aliphatic carbocycles. The van der Waals surface area contributed by atoms with Crippen LogP contribution in [-0.4, -0.2) is 23.4 Å². The quantitative estimate of drug-likeness (QED) is 0.941. The monoisotopic (exact) mass is 323 g/mol. The summed E-state index contributed by atoms with van der Waals surface area (Å²) >= 11 is 3.52. The van der Waals surface area contributed by atoms with E-state index in [-0.39, 0.29) is 0 Å². The molecular weight excluding hydrogens is 306 g/mol. The van der Waals surface area contributed by atoms with Crippen LogP contribution in [0.3, 0.4) is 0 Å². The summed E-state index contributed by atoms with van der Waals surface area (Å²) in [6.45, 7) is 2.67. The van der Waals surface area contributed by atoms with Crippen molar-refractivity contribution >= 4 is 15.9 Å². The Morgan fingerprint density at radius 2 is 2.16 bits per heavy atom. The molecule has 0 bridgehead atoms. The van der Waals surface area contributed by atoms with E-state index in [9.17, 15) is 0 Å². The number of benzene rings is 1. The van der Waals surface area contributed by atoms with E-state index in [4.69, 9.17) is 10.5 Å². The van der Waals surface area contributed by atoms with Crippen molar-refractivity contribution in [3.63, 3.8) is 0 Å². The van der Waals surface area contributed by atoms with Crippen molar-refractivity contribution in [1.29, 1.82) is 0 Å². The first-order valence-electron chi connectivity index (χ1n) is 6.15. The first-order chi connectivity index (χ1) is 9.08. The first kappa shape index (κ1) is 14.1. The van der Waals surface area contributed by atoms with Crippen LogP contribution in [0.15, 0.2) is 22.7 Å². The number of nitrogens with zero attached hydrogens (tertiary/aromatic N) is 2. The highest BCUT2D eigenvalue weighted by atomic mass is 79.9. The molecule has 2 aromatic rings. The highest BCUT2D eigenvalue weighted by Gasteiger charge is 2.15. The molecule has 0 saturated heterocycles. The Bertz CT molecular complexity index is 593. The molecule has 19 heavy (non-hydrogen) atoms. The molecule has 0 aliphatic heterocycles. The summed E-state index contributed by atoms with van der Waals surface area (Å²) in [6, 6.07) is 6.06. The van der Waals surface area contributed by atoms with Crippen LogP contribution in [-0.2, 0) is 13.5 Å². The molecule has 0 radical (unpaired) electrons. The molecule has 0 fully saturated rings. The van der Waals surface area contributed by atoms with Crippen molar-refractivity contribution in [2.45, 2.75) is 13.3 Å². The minimum atomic E-state index is 0.598. The van der Waals surface area contributed by atoms with Crippen molar-refractivity contribution in [2.75, 3.05) is 13.7 Å². The number of aryl methyl sites for hydroxylation is 1. The van der Waals surface area contributed by atoms with Crippen LogP contribution in [0.25, 0.3) is 11.1 Å². The molecule has 1 aromatic carbocycles. The van der Waals surface area contributed by atoms with Crippen LogP contribution in [0, 0.1) is 6.92 Å². The molecule has 2 N–H and O–H groups in total. The number of rotatable bonds is 4. The average molecular weight is 324 g/mol. The minimum Gasteiger partial charge on any atom is -0.496 e. The van der Waals surface area contributed by atoms with Crippen molar-refractivity contribution < 1.29 is 4.74 Å². The lowest BCUT2D eigenvalue weighted by atomic mass is 10.0. The maximum Gasteiger partial charge on any atom is 0.133 e. The normalized spacial score (nSPS) is 10.8. The van der Waals surface area contributed by atoms with Gasteiger partial charge in [-0.3, -0.25) is 4.68 Å². The summed E-state index contributed by atoms with van der Waals surface area (Å²) in [4.78, 5) is 0. The number of halogens is 1. The van der Waals surface area contributed by atoms with Gasteiger partial charge < -0.3 is 10.5 Å². The molecule has 0 aliphatic rings. The van der Waals surface area contributed by atoms with Crippen LogP contribution >= 0.6 is 15.9 Å². The van der Waals surface area contributed by atoms with Gasteiger partial charge in [-0.05, 0) is 47.1 Å². The molecule has 0 spiro atoms. The van der Waals surface area contributed by atoms with Crippen LogP contribution < -0.4 is 10.5 Å². The minimum absolute atomic E-state index is 0.598. The number of hydrogen-bond donors (Lipinski definition) is 1. The number of methoxy groups -OCH3 is 1. The number of nitrogens with two attached hydrogens (primary N) is 1. The molecule has 0 saturated carbocycles. The van der Waals surface area contributed by atoms with Gasteiger partial charge in [0.15, 0.2) is 0 Å². The highest BCUT2D eigenvalue weighted by molar-refractivity contribution is 9.10. The maximum absolute atomic E-state index is 5.66. The summed E-state index contributed by atoms with van der Waals surface area (Å²) in [5.41, 5.74) is 10.1. The molecule has 2 rings (SSSR count). The Labute approximate surface area is 121 Å². The lowest BCUT2D eigenvalue weighted by molar-refractivity contribution is 0.412. The number of hydrogen-bond acceptors (Lipinski definition) is 3. The Hall–Kier alpha value is -1.33. The van der Waals surface area contributed by atoms with E-state index < -0.39 is 0 Å². The lowest BCUT2D eigenvalue weighted by Gasteiger charge is -2.08. The van der Waals surface area contributed by atoms with Crippen molar-refractivity contribution in [3.8, 4) is 16.9 Å². The SMILES string of the molecule is COc1ccc(-c2c(CCN)nn(C)c2C)cc1Br. The molecule has 0 unspecified atom stereocenters.